The summed E-state index contributed by atoms with van der Waals surface area (Å²) in [6.45, 7) is 2.00. The molecule has 0 saturated heterocycles. The van der Waals surface area contributed by atoms with Gasteiger partial charge in [-0.15, -0.1) is 0 Å². The van der Waals surface area contributed by atoms with Gasteiger partial charge in [0.05, 0.1) is 0 Å². The van der Waals surface area contributed by atoms with Crippen LogP contribution in [0.15, 0.2) is 54.7 Å². The Kier molecular flexibility index (Phi) is 6.06. The van der Waals surface area contributed by atoms with E-state index >= 15 is 0 Å². The Morgan fingerprint density at radius 3 is 2.41 bits per heavy atom. The summed E-state index contributed by atoms with van der Waals surface area (Å²) in [5, 5.41) is 5.62. The first-order valence-corrected chi connectivity index (χ1v) is 10.0. The van der Waals surface area contributed by atoms with Gasteiger partial charge in [0.1, 0.15) is 0 Å². The predicted octanol–water partition coefficient (Wildman–Crippen LogP) is 2.89. The maximum atomic E-state index is 12.3. The first-order chi connectivity index (χ1) is 13.0. The summed E-state index contributed by atoms with van der Waals surface area (Å²) in [5.41, 5.74) is 2.77. The van der Waals surface area contributed by atoms with Crippen LogP contribution in [0.4, 0.5) is 10.4 Å². The molecule has 0 aliphatic carbocycles. The van der Waals surface area contributed by atoms with Gasteiger partial charge in [-0.1, -0.05) is 0 Å². The molecule has 0 aliphatic rings. The molecule has 0 saturated carbocycles. The standard InChI is InChI=1S/C20H19N3O3Se/c1-13-3-5-14(6-4-13)11-18(24)23-20-21-12-17(27-20)19(25)22-15-7-9-16(26-2)10-8-15/h3-10,12H,11H2,1-2H3,(H,22,25)(H,21,23,24). The van der Waals surface area contributed by atoms with E-state index in [9.17, 15) is 9.59 Å². The van der Waals surface area contributed by atoms with Crippen molar-refractivity contribution in [3.8, 4) is 5.75 Å². The van der Waals surface area contributed by atoms with Gasteiger partial charge in [0.15, 0.2) is 0 Å². The normalized spacial score (nSPS) is 10.3. The molecule has 3 rings (SSSR count). The van der Waals surface area contributed by atoms with Crippen molar-refractivity contribution in [1.29, 1.82) is 0 Å². The number of rotatable bonds is 6. The molecule has 1 heterocycles. The van der Waals surface area contributed by atoms with Gasteiger partial charge in [-0.05, 0) is 0 Å². The first kappa shape index (κ1) is 18.9. The van der Waals surface area contributed by atoms with E-state index in [1.807, 2.05) is 31.2 Å². The van der Waals surface area contributed by atoms with Gasteiger partial charge >= 0.3 is 163 Å². The van der Waals surface area contributed by atoms with Crippen LogP contribution in [0, 0.1) is 6.92 Å². The molecular formula is C20H19N3O3Se. The molecule has 0 bridgehead atoms. The van der Waals surface area contributed by atoms with Gasteiger partial charge in [-0.3, -0.25) is 0 Å². The number of benzene rings is 2. The summed E-state index contributed by atoms with van der Waals surface area (Å²) in [4.78, 5) is 28.7. The van der Waals surface area contributed by atoms with Crippen LogP contribution in [0.25, 0.3) is 0 Å². The number of anilines is 2. The van der Waals surface area contributed by atoms with Gasteiger partial charge in [0, 0.05) is 0 Å². The van der Waals surface area contributed by atoms with Crippen LogP contribution >= 0.6 is 0 Å². The number of nitrogens with zero attached hydrogens (tertiary/aromatic N) is 1. The number of nitrogens with one attached hydrogen (secondary N) is 2. The minimum absolute atomic E-state index is 0.135. The number of hydrogen-bond donors (Lipinski definition) is 2. The van der Waals surface area contributed by atoms with Gasteiger partial charge < -0.3 is 0 Å². The number of carbonyl (C=O) groups excluding carboxylic acids is 2. The molecule has 1 aromatic heterocycles. The van der Waals surface area contributed by atoms with E-state index < -0.39 is 0 Å². The van der Waals surface area contributed by atoms with E-state index in [1.165, 1.54) is 6.20 Å². The summed E-state index contributed by atoms with van der Waals surface area (Å²) in [5.74, 6) is 0.371. The fourth-order valence-corrected chi connectivity index (χ4v) is 3.89. The molecule has 2 N–H and O–H groups in total. The van der Waals surface area contributed by atoms with E-state index in [0.29, 0.717) is 14.8 Å². The third kappa shape index (κ3) is 5.29. The molecule has 7 heteroatoms. The van der Waals surface area contributed by atoms with Crippen LogP contribution < -0.4 is 15.4 Å². The number of carbonyl (C=O) groups is 2. The first-order valence-electron chi connectivity index (χ1n) is 8.30. The molecule has 0 radical (unpaired) electrons. The molecule has 0 aliphatic heterocycles. The fraction of sp³-hybridized carbons (Fsp3) is 0.150. The van der Waals surface area contributed by atoms with Crippen molar-refractivity contribution in [3.63, 3.8) is 0 Å². The SMILES string of the molecule is COc1ccc(NC(=O)c2cnc(NC(=O)Cc3ccc(C)cc3)[se]2)cc1. The Bertz CT molecular complexity index is 934. The van der Waals surface area contributed by atoms with E-state index in [4.69, 9.17) is 4.74 Å². The number of aromatic nitrogens is 1. The van der Waals surface area contributed by atoms with Crippen molar-refractivity contribution in [2.24, 2.45) is 0 Å². The average Bonchev–Trinajstić information content (AvgIpc) is 3.13. The molecule has 0 unspecified atom stereocenters. The molecule has 6 nitrogen and oxygen atoms in total. The maximum absolute atomic E-state index is 12.3. The zero-order chi connectivity index (χ0) is 19.2. The Hall–Kier alpha value is -2.89. The zero-order valence-electron chi connectivity index (χ0n) is 15.0. The van der Waals surface area contributed by atoms with Crippen molar-refractivity contribution in [1.82, 2.24) is 4.98 Å². The fourth-order valence-electron chi connectivity index (χ4n) is 2.36. The Morgan fingerprint density at radius 1 is 1.04 bits per heavy atom. The summed E-state index contributed by atoms with van der Waals surface area (Å²) >= 11 is -0.334. The third-order valence-corrected chi connectivity index (χ3v) is 5.72. The predicted molar refractivity (Wildman–Crippen MR) is 106 cm³/mol. The van der Waals surface area contributed by atoms with Crippen LogP contribution in [0.1, 0.15) is 20.4 Å². The van der Waals surface area contributed by atoms with Crippen molar-refractivity contribution in [3.05, 3.63) is 70.3 Å². The van der Waals surface area contributed by atoms with Crippen molar-refractivity contribution < 1.29 is 14.3 Å². The second kappa shape index (κ2) is 8.66. The topological polar surface area (TPSA) is 80.3 Å². The van der Waals surface area contributed by atoms with Crippen molar-refractivity contribution >= 4 is 36.7 Å². The van der Waals surface area contributed by atoms with Crippen LogP contribution in [-0.2, 0) is 11.2 Å². The quantitative estimate of drug-likeness (QED) is 0.592. The molecule has 2 aromatic carbocycles. The number of ether oxygens (including phenoxy) is 1. The third-order valence-electron chi connectivity index (χ3n) is 3.81. The zero-order valence-corrected chi connectivity index (χ0v) is 16.7. The second-order valence-electron chi connectivity index (χ2n) is 5.92. The van der Waals surface area contributed by atoms with Crippen LogP contribution in [-0.4, -0.2) is 38.4 Å². The second-order valence-corrected chi connectivity index (χ2v) is 8.09. The molecule has 2 amide bonds. The van der Waals surface area contributed by atoms with Crippen LogP contribution in [0.2, 0.25) is 0 Å². The summed E-state index contributed by atoms with van der Waals surface area (Å²) in [6, 6.07) is 14.9. The number of amides is 2. The molecular weight excluding hydrogens is 409 g/mol. The molecule has 0 spiro atoms. The Balaban J connectivity index is 1.57. The number of methoxy groups -OCH3 is 1. The van der Waals surface area contributed by atoms with Gasteiger partial charge in [-0.2, -0.15) is 0 Å². The van der Waals surface area contributed by atoms with Crippen molar-refractivity contribution in [2.75, 3.05) is 17.7 Å². The van der Waals surface area contributed by atoms with Crippen LogP contribution in [0.5, 0.6) is 5.75 Å². The van der Waals surface area contributed by atoms with E-state index in [-0.39, 0.29) is 32.7 Å². The van der Waals surface area contributed by atoms with Crippen LogP contribution in [0.3, 0.4) is 0 Å². The average molecular weight is 428 g/mol. The van der Waals surface area contributed by atoms with Gasteiger partial charge in [-0.25, -0.2) is 0 Å². The molecule has 0 atom stereocenters. The number of aryl methyl sites for hydroxylation is 1. The summed E-state index contributed by atoms with van der Waals surface area (Å²) in [7, 11) is 1.59. The molecule has 3 aromatic rings. The molecule has 138 valence electrons. The summed E-state index contributed by atoms with van der Waals surface area (Å²) < 4.78 is 6.19. The van der Waals surface area contributed by atoms with E-state index in [1.54, 1.807) is 31.4 Å². The van der Waals surface area contributed by atoms with Crippen molar-refractivity contribution in [2.45, 2.75) is 13.3 Å². The van der Waals surface area contributed by atoms with E-state index in [0.717, 1.165) is 16.9 Å². The number of hydrogen-bond acceptors (Lipinski definition) is 4. The molecule has 27 heavy (non-hydrogen) atoms. The molecule has 0 fully saturated rings. The minimum atomic E-state index is -0.334. The Labute approximate surface area is 163 Å². The van der Waals surface area contributed by atoms with Gasteiger partial charge in [0.25, 0.3) is 0 Å². The summed E-state index contributed by atoms with van der Waals surface area (Å²) in [6.07, 6.45) is 1.79. The Morgan fingerprint density at radius 2 is 1.74 bits per heavy atom. The van der Waals surface area contributed by atoms with E-state index in [2.05, 4.69) is 15.6 Å². The van der Waals surface area contributed by atoms with Gasteiger partial charge in [0.2, 0.25) is 0 Å². The monoisotopic (exact) mass is 429 g/mol.